The Morgan fingerprint density at radius 2 is 2.11 bits per heavy atom. The van der Waals surface area contributed by atoms with Crippen LogP contribution in [0.5, 0.6) is 0 Å². The fourth-order valence-corrected chi connectivity index (χ4v) is 0.383. The van der Waals surface area contributed by atoms with Gasteiger partial charge in [-0.1, -0.05) is 0 Å². The SMILES string of the molecule is O=c1cc[nH]c(=O)[nH]1.[H-].[Na+]. The molecule has 0 aliphatic heterocycles. The molecule has 0 radical (unpaired) electrons. The van der Waals surface area contributed by atoms with E-state index < -0.39 is 5.69 Å². The summed E-state index contributed by atoms with van der Waals surface area (Å²) in [7, 11) is 0. The van der Waals surface area contributed by atoms with Crippen molar-refractivity contribution in [1.29, 1.82) is 0 Å². The second-order valence-electron chi connectivity index (χ2n) is 1.30. The summed E-state index contributed by atoms with van der Waals surface area (Å²) in [5.41, 5.74) is -0.855. The van der Waals surface area contributed by atoms with E-state index in [0.717, 1.165) is 0 Å². The molecule has 1 rings (SSSR count). The first kappa shape index (κ1) is 8.68. The number of nitrogens with one attached hydrogen (secondary N) is 2. The summed E-state index contributed by atoms with van der Waals surface area (Å²) in [5, 5.41) is 0. The number of aromatic amines is 2. The van der Waals surface area contributed by atoms with E-state index in [2.05, 4.69) is 4.98 Å². The maximum absolute atomic E-state index is 10.2. The van der Waals surface area contributed by atoms with Crippen molar-refractivity contribution in [3.63, 3.8) is 0 Å². The van der Waals surface area contributed by atoms with E-state index in [9.17, 15) is 9.59 Å². The van der Waals surface area contributed by atoms with E-state index in [1.165, 1.54) is 12.3 Å². The van der Waals surface area contributed by atoms with Crippen molar-refractivity contribution in [3.8, 4) is 0 Å². The Labute approximate surface area is 74.1 Å². The van der Waals surface area contributed by atoms with Crippen molar-refractivity contribution in [3.05, 3.63) is 33.1 Å². The number of hydrogen-bond donors (Lipinski definition) is 2. The molecule has 0 saturated heterocycles. The second kappa shape index (κ2) is 3.66. The smallest absolute Gasteiger partial charge is 1.00 e. The quantitative estimate of drug-likeness (QED) is 0.359. The van der Waals surface area contributed by atoms with Gasteiger partial charge in [-0.05, 0) is 0 Å². The van der Waals surface area contributed by atoms with Crippen LogP contribution in [0.1, 0.15) is 1.43 Å². The van der Waals surface area contributed by atoms with Gasteiger partial charge >= 0.3 is 35.2 Å². The Morgan fingerprint density at radius 1 is 1.44 bits per heavy atom. The number of H-pyrrole nitrogens is 2. The standard InChI is InChI=1S/C4H4N2O2.Na.H/c7-3-1-2-5-4(8)6-3;;/h1-2H,(H2,5,6,7,8);;/q;+1;-1. The minimum atomic E-state index is -0.475. The van der Waals surface area contributed by atoms with Crippen molar-refractivity contribution in [2.45, 2.75) is 0 Å². The van der Waals surface area contributed by atoms with E-state index in [4.69, 9.17) is 0 Å². The Hall–Kier alpha value is -0.320. The first-order chi connectivity index (χ1) is 3.79. The molecular weight excluding hydrogens is 131 g/mol. The van der Waals surface area contributed by atoms with Crippen LogP contribution in [0.15, 0.2) is 21.9 Å². The van der Waals surface area contributed by atoms with Crippen molar-refractivity contribution in [1.82, 2.24) is 9.97 Å². The van der Waals surface area contributed by atoms with Gasteiger partial charge in [-0.2, -0.15) is 0 Å². The first-order valence-corrected chi connectivity index (χ1v) is 2.07. The fraction of sp³-hybridized carbons (Fsp3) is 0. The van der Waals surface area contributed by atoms with Crippen LogP contribution >= 0.6 is 0 Å². The van der Waals surface area contributed by atoms with Gasteiger partial charge in [0.05, 0.1) is 0 Å². The molecule has 0 amide bonds. The van der Waals surface area contributed by atoms with Gasteiger partial charge in [0.25, 0.3) is 5.56 Å². The van der Waals surface area contributed by atoms with Gasteiger partial charge in [0, 0.05) is 12.3 Å². The van der Waals surface area contributed by atoms with Crippen LogP contribution in [-0.4, -0.2) is 9.97 Å². The van der Waals surface area contributed by atoms with Gasteiger partial charge in [-0.15, -0.1) is 0 Å². The monoisotopic (exact) mass is 136 g/mol. The van der Waals surface area contributed by atoms with Gasteiger partial charge in [-0.3, -0.25) is 9.78 Å². The van der Waals surface area contributed by atoms with Gasteiger partial charge in [-0.25, -0.2) is 4.79 Å². The molecule has 0 saturated carbocycles. The van der Waals surface area contributed by atoms with Crippen molar-refractivity contribution in [2.75, 3.05) is 0 Å². The van der Waals surface area contributed by atoms with E-state index in [0.29, 0.717) is 0 Å². The van der Waals surface area contributed by atoms with Gasteiger partial charge in [0.1, 0.15) is 0 Å². The molecule has 0 spiro atoms. The summed E-state index contributed by atoms with van der Waals surface area (Å²) in [6.07, 6.45) is 1.29. The molecule has 4 nitrogen and oxygen atoms in total. The minimum Gasteiger partial charge on any atom is -1.00 e. The summed E-state index contributed by atoms with van der Waals surface area (Å²) in [5.74, 6) is 0. The number of aromatic nitrogens is 2. The Bertz CT molecular complexity index is 256. The summed E-state index contributed by atoms with van der Waals surface area (Å²) in [4.78, 5) is 24.7. The average molecular weight is 136 g/mol. The zero-order chi connectivity index (χ0) is 5.98. The van der Waals surface area contributed by atoms with Crippen LogP contribution in [0.25, 0.3) is 0 Å². The zero-order valence-electron chi connectivity index (χ0n) is 5.97. The van der Waals surface area contributed by atoms with Crippen LogP contribution in [0, 0.1) is 0 Å². The van der Waals surface area contributed by atoms with E-state index >= 15 is 0 Å². The zero-order valence-corrected chi connectivity index (χ0v) is 6.97. The van der Waals surface area contributed by atoms with Gasteiger partial charge in [0.15, 0.2) is 0 Å². The van der Waals surface area contributed by atoms with Crippen molar-refractivity contribution < 1.29 is 31.0 Å². The Balaban J connectivity index is 0. The van der Waals surface area contributed by atoms with E-state index in [-0.39, 0.29) is 36.5 Å². The topological polar surface area (TPSA) is 65.7 Å². The van der Waals surface area contributed by atoms with Crippen LogP contribution in [-0.2, 0) is 0 Å². The van der Waals surface area contributed by atoms with Crippen LogP contribution in [0.3, 0.4) is 0 Å². The largest absolute Gasteiger partial charge is 1.00 e. The summed E-state index contributed by atoms with van der Waals surface area (Å²) < 4.78 is 0. The third-order valence-electron chi connectivity index (χ3n) is 0.686. The molecule has 2 N–H and O–H groups in total. The van der Waals surface area contributed by atoms with E-state index in [1.807, 2.05) is 4.98 Å². The molecule has 5 heteroatoms. The third-order valence-corrected chi connectivity index (χ3v) is 0.686. The molecule has 0 bridgehead atoms. The Morgan fingerprint density at radius 3 is 2.44 bits per heavy atom. The van der Waals surface area contributed by atoms with Crippen LogP contribution in [0.4, 0.5) is 0 Å². The minimum absolute atomic E-state index is 0. The van der Waals surface area contributed by atoms with Crippen LogP contribution in [0.2, 0.25) is 0 Å². The van der Waals surface area contributed by atoms with E-state index in [1.54, 1.807) is 0 Å². The predicted octanol–water partition coefficient (Wildman–Crippen LogP) is -3.82. The summed E-state index contributed by atoms with van der Waals surface area (Å²) in [6.45, 7) is 0. The molecule has 44 valence electrons. The average Bonchev–Trinajstić information content (AvgIpc) is 1.64. The van der Waals surface area contributed by atoms with Crippen molar-refractivity contribution in [2.24, 2.45) is 0 Å². The normalized spacial score (nSPS) is 8.00. The molecule has 1 aromatic rings. The third kappa shape index (κ3) is 2.64. The molecule has 0 aromatic carbocycles. The maximum atomic E-state index is 10.2. The summed E-state index contributed by atoms with van der Waals surface area (Å²) in [6, 6.07) is 1.24. The maximum Gasteiger partial charge on any atom is 1.00 e. The predicted molar refractivity (Wildman–Crippen MR) is 28.8 cm³/mol. The number of hydrogen-bond acceptors (Lipinski definition) is 2. The van der Waals surface area contributed by atoms with Crippen molar-refractivity contribution >= 4 is 0 Å². The molecule has 0 aliphatic carbocycles. The summed E-state index contributed by atoms with van der Waals surface area (Å²) >= 11 is 0. The molecule has 1 aromatic heterocycles. The van der Waals surface area contributed by atoms with Gasteiger partial charge in [0.2, 0.25) is 0 Å². The molecular formula is C4H5N2NaO2. The van der Waals surface area contributed by atoms with Gasteiger partial charge < -0.3 is 6.41 Å². The molecule has 0 unspecified atom stereocenters. The molecule has 0 aliphatic rings. The molecule has 1 heterocycles. The molecule has 9 heavy (non-hydrogen) atoms. The first-order valence-electron chi connectivity index (χ1n) is 2.07. The molecule has 0 fully saturated rings. The number of rotatable bonds is 0. The Kier molecular flexibility index (Phi) is 3.53. The van der Waals surface area contributed by atoms with Crippen LogP contribution < -0.4 is 40.8 Å². The fourth-order valence-electron chi connectivity index (χ4n) is 0.383. The second-order valence-corrected chi connectivity index (χ2v) is 1.30. The molecule has 0 atom stereocenters.